The van der Waals surface area contributed by atoms with Crippen molar-refractivity contribution in [3.63, 3.8) is 0 Å². The SMILES string of the molecule is N#CCC1(n2cc(C(N)O)c(NC(=O)C3CC3)n2)CCN(Cc2cccc(SC(F)(F)F)c2)CC1. The minimum absolute atomic E-state index is 0.0488. The van der Waals surface area contributed by atoms with E-state index in [-0.39, 0.29) is 46.3 Å². The van der Waals surface area contributed by atoms with Crippen LogP contribution in [-0.2, 0) is 16.9 Å². The maximum atomic E-state index is 12.7. The Kier molecular flexibility index (Phi) is 7.42. The summed E-state index contributed by atoms with van der Waals surface area (Å²) in [5, 5.41) is 26.8. The first-order chi connectivity index (χ1) is 16.6. The monoisotopic (exact) mass is 508 g/mol. The molecule has 35 heavy (non-hydrogen) atoms. The van der Waals surface area contributed by atoms with Crippen LogP contribution >= 0.6 is 11.8 Å². The molecule has 1 aromatic carbocycles. The molecule has 1 saturated heterocycles. The Balaban J connectivity index is 1.47. The number of nitriles is 1. The van der Waals surface area contributed by atoms with Gasteiger partial charge in [0.15, 0.2) is 5.82 Å². The number of hydrogen-bond acceptors (Lipinski definition) is 7. The lowest BCUT2D eigenvalue weighted by Crippen LogP contribution is -2.46. The molecule has 2 heterocycles. The topological polar surface area (TPSA) is 120 Å². The lowest BCUT2D eigenvalue weighted by Gasteiger charge is -2.40. The number of rotatable bonds is 8. The third-order valence-electron chi connectivity index (χ3n) is 6.47. The van der Waals surface area contributed by atoms with Gasteiger partial charge < -0.3 is 16.2 Å². The van der Waals surface area contributed by atoms with Crippen molar-refractivity contribution in [1.82, 2.24) is 14.7 Å². The summed E-state index contributed by atoms with van der Waals surface area (Å²) in [5.41, 5.74) is 1.79. The number of aromatic nitrogens is 2. The van der Waals surface area contributed by atoms with Crippen LogP contribution in [0.15, 0.2) is 35.4 Å². The van der Waals surface area contributed by atoms with Gasteiger partial charge in [0.2, 0.25) is 5.91 Å². The van der Waals surface area contributed by atoms with E-state index >= 15 is 0 Å². The summed E-state index contributed by atoms with van der Waals surface area (Å²) in [5.74, 6) is -0.00453. The van der Waals surface area contributed by atoms with Crippen LogP contribution in [0.2, 0.25) is 0 Å². The summed E-state index contributed by atoms with van der Waals surface area (Å²) >= 11 is -0.131. The molecule has 1 aliphatic heterocycles. The minimum atomic E-state index is -4.34. The van der Waals surface area contributed by atoms with Gasteiger partial charge in [0, 0.05) is 36.6 Å². The van der Waals surface area contributed by atoms with Crippen molar-refractivity contribution in [3.8, 4) is 6.07 Å². The van der Waals surface area contributed by atoms with E-state index in [0.29, 0.717) is 32.5 Å². The number of carbonyl (C=O) groups is 1. The van der Waals surface area contributed by atoms with Crippen molar-refractivity contribution in [1.29, 1.82) is 5.26 Å². The molecule has 1 saturated carbocycles. The Bertz CT molecular complexity index is 1100. The number of nitrogens with zero attached hydrogens (tertiary/aromatic N) is 4. The predicted octanol–water partition coefficient (Wildman–Crippen LogP) is 3.70. The molecule has 2 fully saturated rings. The van der Waals surface area contributed by atoms with Crippen LogP contribution in [-0.4, -0.2) is 44.3 Å². The van der Waals surface area contributed by atoms with Crippen molar-refractivity contribution in [2.45, 2.75) is 60.8 Å². The van der Waals surface area contributed by atoms with Crippen LogP contribution in [0.3, 0.4) is 0 Å². The second-order valence-corrected chi connectivity index (χ2v) is 10.3. The fourth-order valence-corrected chi connectivity index (χ4v) is 4.99. The first kappa shape index (κ1) is 25.5. The van der Waals surface area contributed by atoms with E-state index in [4.69, 9.17) is 5.73 Å². The predicted molar refractivity (Wildman–Crippen MR) is 124 cm³/mol. The molecule has 1 unspecified atom stereocenters. The first-order valence-corrected chi connectivity index (χ1v) is 12.2. The van der Waals surface area contributed by atoms with Crippen LogP contribution in [0.25, 0.3) is 0 Å². The van der Waals surface area contributed by atoms with Crippen molar-refractivity contribution in [3.05, 3.63) is 41.6 Å². The number of thioether (sulfide) groups is 1. The molecule has 1 atom stereocenters. The number of alkyl halides is 3. The number of nitrogens with one attached hydrogen (secondary N) is 1. The third kappa shape index (κ3) is 6.35. The number of anilines is 1. The molecule has 0 radical (unpaired) electrons. The van der Waals surface area contributed by atoms with Crippen molar-refractivity contribution >= 4 is 23.5 Å². The van der Waals surface area contributed by atoms with E-state index in [1.165, 1.54) is 6.07 Å². The maximum Gasteiger partial charge on any atom is 0.446 e. The minimum Gasteiger partial charge on any atom is -0.374 e. The van der Waals surface area contributed by atoms with Crippen molar-refractivity contribution < 1.29 is 23.1 Å². The van der Waals surface area contributed by atoms with Crippen molar-refractivity contribution in [2.24, 2.45) is 11.7 Å². The average Bonchev–Trinajstić information content (AvgIpc) is 3.54. The van der Waals surface area contributed by atoms with Gasteiger partial charge in [-0.3, -0.25) is 14.4 Å². The van der Waals surface area contributed by atoms with Gasteiger partial charge in [-0.1, -0.05) is 12.1 Å². The van der Waals surface area contributed by atoms with Crippen LogP contribution in [0, 0.1) is 17.2 Å². The summed E-state index contributed by atoms with van der Waals surface area (Å²) in [6.07, 6.45) is 3.20. The third-order valence-corrected chi connectivity index (χ3v) is 7.19. The van der Waals surface area contributed by atoms with Gasteiger partial charge in [0.05, 0.1) is 23.6 Å². The smallest absolute Gasteiger partial charge is 0.374 e. The zero-order valence-corrected chi connectivity index (χ0v) is 19.8. The largest absolute Gasteiger partial charge is 0.446 e. The van der Waals surface area contributed by atoms with Gasteiger partial charge in [-0.25, -0.2) is 0 Å². The van der Waals surface area contributed by atoms with Gasteiger partial charge in [-0.15, -0.1) is 0 Å². The molecule has 2 aromatic rings. The second-order valence-electron chi connectivity index (χ2n) is 9.12. The molecule has 4 N–H and O–H groups in total. The highest BCUT2D eigenvalue weighted by atomic mass is 32.2. The molecule has 0 spiro atoms. The molecule has 12 heteroatoms. The Morgan fingerprint density at radius 2 is 2.09 bits per heavy atom. The number of benzene rings is 1. The fraction of sp³-hybridized carbons (Fsp3) is 0.522. The number of aliphatic hydroxyl groups excluding tert-OH is 1. The highest BCUT2D eigenvalue weighted by molar-refractivity contribution is 8.00. The highest BCUT2D eigenvalue weighted by Gasteiger charge is 2.39. The summed E-state index contributed by atoms with van der Waals surface area (Å²) in [6, 6.07) is 8.64. The zero-order chi connectivity index (χ0) is 25.2. The van der Waals surface area contributed by atoms with Gasteiger partial charge in [-0.05, 0) is 55.1 Å². The van der Waals surface area contributed by atoms with Crippen molar-refractivity contribution in [2.75, 3.05) is 18.4 Å². The van der Waals surface area contributed by atoms with E-state index in [0.717, 1.165) is 18.4 Å². The highest BCUT2D eigenvalue weighted by Crippen LogP contribution is 2.38. The average molecular weight is 509 g/mol. The quantitative estimate of drug-likeness (QED) is 0.367. The molecular weight excluding hydrogens is 481 g/mol. The first-order valence-electron chi connectivity index (χ1n) is 11.4. The summed E-state index contributed by atoms with van der Waals surface area (Å²) in [6.45, 7) is 1.69. The summed E-state index contributed by atoms with van der Waals surface area (Å²) < 4.78 is 39.8. The Morgan fingerprint density at radius 1 is 1.37 bits per heavy atom. The molecular formula is C23H27F3N6O2S. The molecule has 1 aliphatic carbocycles. The lowest BCUT2D eigenvalue weighted by molar-refractivity contribution is -0.117. The summed E-state index contributed by atoms with van der Waals surface area (Å²) in [4.78, 5) is 14.5. The van der Waals surface area contributed by atoms with Crippen LogP contribution < -0.4 is 11.1 Å². The number of halogens is 3. The van der Waals surface area contributed by atoms with Crippen LogP contribution in [0.4, 0.5) is 19.0 Å². The molecule has 4 rings (SSSR count). The van der Waals surface area contributed by atoms with Crippen LogP contribution in [0.5, 0.6) is 0 Å². The number of carbonyl (C=O) groups excluding carboxylic acids is 1. The Hall–Kier alpha value is -2.59. The van der Waals surface area contributed by atoms with E-state index in [2.05, 4.69) is 21.4 Å². The van der Waals surface area contributed by atoms with E-state index in [1.807, 2.05) is 0 Å². The Morgan fingerprint density at radius 3 is 2.69 bits per heavy atom. The molecule has 188 valence electrons. The number of aliphatic hydroxyl groups is 1. The fourth-order valence-electron chi connectivity index (χ4n) is 4.37. The van der Waals surface area contributed by atoms with Gasteiger partial charge in [0.25, 0.3) is 0 Å². The molecule has 8 nitrogen and oxygen atoms in total. The normalized spacial score (nSPS) is 19.2. The van der Waals surface area contributed by atoms with Crippen LogP contribution in [0.1, 0.15) is 49.5 Å². The van der Waals surface area contributed by atoms with E-state index in [9.17, 15) is 28.3 Å². The lowest BCUT2D eigenvalue weighted by atomic mass is 9.84. The van der Waals surface area contributed by atoms with Gasteiger partial charge >= 0.3 is 5.51 Å². The van der Waals surface area contributed by atoms with E-state index < -0.39 is 17.3 Å². The Labute approximate surface area is 205 Å². The zero-order valence-electron chi connectivity index (χ0n) is 19.0. The maximum absolute atomic E-state index is 12.7. The van der Waals surface area contributed by atoms with Gasteiger partial charge in [0.1, 0.15) is 6.23 Å². The summed E-state index contributed by atoms with van der Waals surface area (Å²) in [7, 11) is 0. The molecule has 0 bridgehead atoms. The van der Waals surface area contributed by atoms with Gasteiger partial charge in [-0.2, -0.15) is 23.5 Å². The number of hydrogen-bond donors (Lipinski definition) is 3. The second kappa shape index (κ2) is 10.2. The molecule has 2 aliphatic rings. The number of likely N-dealkylation sites (tertiary alicyclic amines) is 1. The number of nitrogens with two attached hydrogens (primary N) is 1. The molecule has 1 amide bonds. The number of piperidine rings is 1. The van der Waals surface area contributed by atoms with E-state index in [1.54, 1.807) is 29.1 Å². The standard InChI is InChI=1S/C23H27F3N6O2S/c24-23(25,26)35-17-3-1-2-15(12-17)13-31-10-7-22(6-9-27,8-11-31)32-14-18(19(28)33)20(30-32)29-21(34)16-4-5-16/h1-3,12,14,16,19,33H,4-8,10-11,13,28H2,(H,29,30,34). The number of amides is 1. The molecule has 1 aromatic heterocycles.